The molecule has 0 saturated heterocycles. The minimum atomic E-state index is -0.770. The van der Waals surface area contributed by atoms with Crippen LogP contribution in [0.15, 0.2) is 42.2 Å². The number of esters is 1. The molecule has 27 heavy (non-hydrogen) atoms. The van der Waals surface area contributed by atoms with Crippen molar-refractivity contribution in [3.8, 4) is 23.0 Å². The fourth-order valence-electron chi connectivity index (χ4n) is 2.81. The Morgan fingerprint density at radius 2 is 1.93 bits per heavy atom. The second-order valence-electron chi connectivity index (χ2n) is 5.99. The van der Waals surface area contributed by atoms with Gasteiger partial charge in [0, 0.05) is 6.07 Å². The maximum atomic E-state index is 12.6. The number of ketones is 1. The first-order valence-corrected chi connectivity index (χ1v) is 8.27. The van der Waals surface area contributed by atoms with Crippen molar-refractivity contribution in [3.63, 3.8) is 0 Å². The lowest BCUT2D eigenvalue weighted by Gasteiger charge is -2.12. The summed E-state index contributed by atoms with van der Waals surface area (Å²) in [6, 6.07) is 10.2. The van der Waals surface area contributed by atoms with Crippen molar-refractivity contribution >= 4 is 17.8 Å². The van der Waals surface area contributed by atoms with Crippen LogP contribution in [0.1, 0.15) is 22.8 Å². The van der Waals surface area contributed by atoms with E-state index in [1.807, 2.05) is 6.07 Å². The molecule has 2 aromatic carbocycles. The van der Waals surface area contributed by atoms with Crippen LogP contribution in [0.2, 0.25) is 0 Å². The van der Waals surface area contributed by atoms with Crippen molar-refractivity contribution in [2.75, 3.05) is 13.9 Å². The maximum Gasteiger partial charge on any atom is 0.346 e. The van der Waals surface area contributed by atoms with Crippen LogP contribution in [0, 0.1) is 0 Å². The molecular weight excluding hydrogens is 352 g/mol. The Balaban J connectivity index is 1.56. The van der Waals surface area contributed by atoms with Crippen LogP contribution in [-0.4, -0.2) is 31.8 Å². The molecule has 7 heteroatoms. The van der Waals surface area contributed by atoms with E-state index in [0.717, 1.165) is 5.56 Å². The molecule has 7 nitrogen and oxygen atoms in total. The van der Waals surface area contributed by atoms with Gasteiger partial charge in [-0.3, -0.25) is 4.79 Å². The summed E-state index contributed by atoms with van der Waals surface area (Å²) in [6.07, 6.45) is 0.871. The van der Waals surface area contributed by atoms with E-state index in [1.165, 1.54) is 7.11 Å². The number of hydrogen-bond donors (Lipinski definition) is 0. The quantitative estimate of drug-likeness (QED) is 0.606. The molecular formula is C20H16O7. The fourth-order valence-corrected chi connectivity index (χ4v) is 2.81. The van der Waals surface area contributed by atoms with Gasteiger partial charge in [-0.2, -0.15) is 0 Å². The van der Waals surface area contributed by atoms with Crippen molar-refractivity contribution in [1.82, 2.24) is 0 Å². The molecule has 0 N–H and O–H groups in total. The van der Waals surface area contributed by atoms with E-state index < -0.39 is 12.1 Å². The first-order chi connectivity index (χ1) is 13.0. The second-order valence-corrected chi connectivity index (χ2v) is 5.99. The summed E-state index contributed by atoms with van der Waals surface area (Å²) in [5.41, 5.74) is 1.19. The van der Waals surface area contributed by atoms with Crippen molar-refractivity contribution < 1.29 is 33.3 Å². The lowest BCUT2D eigenvalue weighted by Crippen LogP contribution is -2.24. The molecule has 0 aliphatic carbocycles. The second kappa shape index (κ2) is 6.68. The van der Waals surface area contributed by atoms with Gasteiger partial charge in [-0.25, -0.2) is 4.79 Å². The molecule has 4 rings (SSSR count). The third kappa shape index (κ3) is 3.19. The highest BCUT2D eigenvalue weighted by molar-refractivity contribution is 6.14. The summed E-state index contributed by atoms with van der Waals surface area (Å²) in [6.45, 7) is 1.76. The minimum Gasteiger partial charge on any atom is -0.479 e. The first-order valence-electron chi connectivity index (χ1n) is 8.27. The summed E-state index contributed by atoms with van der Waals surface area (Å²) >= 11 is 0. The largest absolute Gasteiger partial charge is 0.479 e. The number of methoxy groups -OCH3 is 1. The Hall–Kier alpha value is -3.48. The summed E-state index contributed by atoms with van der Waals surface area (Å²) in [5, 5.41) is 0. The molecule has 2 heterocycles. The Bertz CT molecular complexity index is 961. The van der Waals surface area contributed by atoms with Crippen molar-refractivity contribution in [3.05, 3.63) is 53.3 Å². The molecule has 0 aromatic heterocycles. The van der Waals surface area contributed by atoms with Crippen molar-refractivity contribution in [2.24, 2.45) is 0 Å². The van der Waals surface area contributed by atoms with E-state index in [-0.39, 0.29) is 18.3 Å². The smallest absolute Gasteiger partial charge is 0.346 e. The van der Waals surface area contributed by atoms with E-state index in [0.29, 0.717) is 28.6 Å². The van der Waals surface area contributed by atoms with E-state index in [9.17, 15) is 9.59 Å². The summed E-state index contributed by atoms with van der Waals surface area (Å²) in [4.78, 5) is 24.0. The molecule has 0 saturated carbocycles. The highest BCUT2D eigenvalue weighted by atomic mass is 16.7. The Labute approximate surface area is 155 Å². The Morgan fingerprint density at radius 3 is 2.74 bits per heavy atom. The Kier molecular flexibility index (Phi) is 4.19. The molecule has 2 aromatic rings. The lowest BCUT2D eigenvalue weighted by atomic mass is 10.1. The highest BCUT2D eigenvalue weighted by Gasteiger charge is 2.28. The number of ether oxygens (including phenoxy) is 5. The van der Waals surface area contributed by atoms with Gasteiger partial charge < -0.3 is 23.7 Å². The summed E-state index contributed by atoms with van der Waals surface area (Å²) in [5.74, 6) is 1.55. The zero-order valence-corrected chi connectivity index (χ0v) is 14.7. The van der Waals surface area contributed by atoms with Crippen LogP contribution < -0.4 is 18.9 Å². The van der Waals surface area contributed by atoms with E-state index in [4.69, 9.17) is 18.9 Å². The molecule has 0 bridgehead atoms. The summed E-state index contributed by atoms with van der Waals surface area (Å²) in [7, 11) is 1.29. The maximum absolute atomic E-state index is 12.6. The van der Waals surface area contributed by atoms with Gasteiger partial charge in [0.25, 0.3) is 0 Å². The molecule has 0 radical (unpaired) electrons. The number of Topliss-reactive ketones (excluding diaryl/α,β-unsaturated/α-hetero) is 1. The summed E-state index contributed by atoms with van der Waals surface area (Å²) < 4.78 is 26.5. The number of carbonyl (C=O) groups excluding carboxylic acids is 2. The van der Waals surface area contributed by atoms with Crippen LogP contribution in [0.3, 0.4) is 0 Å². The van der Waals surface area contributed by atoms with Gasteiger partial charge in [0.1, 0.15) is 11.5 Å². The average Bonchev–Trinajstić information content (AvgIpc) is 3.25. The normalized spacial score (nSPS) is 16.7. The third-order valence-corrected chi connectivity index (χ3v) is 4.18. The predicted octanol–water partition coefficient (Wildman–Crippen LogP) is 2.97. The van der Waals surface area contributed by atoms with Gasteiger partial charge in [-0.05, 0) is 42.8 Å². The van der Waals surface area contributed by atoms with Crippen molar-refractivity contribution in [2.45, 2.75) is 13.0 Å². The first kappa shape index (κ1) is 17.0. The standard InChI is InChI=1S/C20H16O7/c1-11(20(22)23-2)26-13-4-5-14-16(9-13)27-18(19(14)21)8-12-3-6-15-17(7-12)25-10-24-15/h3-9,11H,10H2,1-2H3/b18-8-/t11-/m1/s1. The van der Waals surface area contributed by atoms with Gasteiger partial charge in [-0.1, -0.05) is 6.07 Å². The SMILES string of the molecule is COC(=O)[C@@H](C)Oc1ccc2c(c1)O/C(=C\c1ccc3c(c1)OCO3)C2=O. The molecule has 0 spiro atoms. The van der Waals surface area contributed by atoms with E-state index in [2.05, 4.69) is 4.74 Å². The molecule has 1 atom stereocenters. The van der Waals surface area contributed by atoms with Crippen LogP contribution in [0.5, 0.6) is 23.0 Å². The number of rotatable bonds is 4. The van der Waals surface area contributed by atoms with Gasteiger partial charge in [0.2, 0.25) is 12.6 Å². The minimum absolute atomic E-state index is 0.184. The Morgan fingerprint density at radius 1 is 1.11 bits per heavy atom. The zero-order chi connectivity index (χ0) is 19.0. The third-order valence-electron chi connectivity index (χ3n) is 4.18. The molecule has 2 aliphatic heterocycles. The predicted molar refractivity (Wildman–Crippen MR) is 94.0 cm³/mol. The van der Waals surface area contributed by atoms with Gasteiger partial charge in [0.15, 0.2) is 23.4 Å². The number of allylic oxidation sites excluding steroid dienone is 1. The van der Waals surface area contributed by atoms with Crippen molar-refractivity contribution in [1.29, 1.82) is 0 Å². The topological polar surface area (TPSA) is 80.3 Å². The molecule has 138 valence electrons. The van der Waals surface area contributed by atoms with Gasteiger partial charge in [0.05, 0.1) is 12.7 Å². The van der Waals surface area contributed by atoms with Crippen LogP contribution >= 0.6 is 0 Å². The number of fused-ring (bicyclic) bond motifs is 2. The number of carbonyl (C=O) groups is 2. The average molecular weight is 368 g/mol. The zero-order valence-electron chi connectivity index (χ0n) is 14.7. The monoisotopic (exact) mass is 368 g/mol. The highest BCUT2D eigenvalue weighted by Crippen LogP contribution is 2.37. The number of hydrogen-bond acceptors (Lipinski definition) is 7. The molecule has 0 fully saturated rings. The lowest BCUT2D eigenvalue weighted by molar-refractivity contribution is -0.147. The molecule has 0 amide bonds. The van der Waals surface area contributed by atoms with Crippen LogP contribution in [0.4, 0.5) is 0 Å². The van der Waals surface area contributed by atoms with Crippen LogP contribution in [-0.2, 0) is 9.53 Å². The van der Waals surface area contributed by atoms with Crippen LogP contribution in [0.25, 0.3) is 6.08 Å². The molecule has 0 unspecified atom stereocenters. The fraction of sp³-hybridized carbons (Fsp3) is 0.200. The van der Waals surface area contributed by atoms with Gasteiger partial charge in [-0.15, -0.1) is 0 Å². The van der Waals surface area contributed by atoms with E-state index in [1.54, 1.807) is 43.3 Å². The van der Waals surface area contributed by atoms with Gasteiger partial charge >= 0.3 is 5.97 Å². The molecule has 2 aliphatic rings. The van der Waals surface area contributed by atoms with E-state index >= 15 is 0 Å². The number of benzene rings is 2.